The molecule has 3 rings (SSSR count). The van der Waals surface area contributed by atoms with Crippen LogP contribution in [0.25, 0.3) is 0 Å². The van der Waals surface area contributed by atoms with Gasteiger partial charge < -0.3 is 18.7 Å². The first-order chi connectivity index (χ1) is 11.1. The molecule has 0 radical (unpaired) electrons. The Bertz CT molecular complexity index is 767. The lowest BCUT2D eigenvalue weighted by atomic mass is 10.2. The van der Waals surface area contributed by atoms with Gasteiger partial charge in [-0.1, -0.05) is 5.16 Å². The second kappa shape index (κ2) is 5.99. The molecule has 0 bridgehead atoms. The van der Waals surface area contributed by atoms with Gasteiger partial charge in [0.05, 0.1) is 12.3 Å². The summed E-state index contributed by atoms with van der Waals surface area (Å²) in [6.07, 6.45) is 0. The summed E-state index contributed by atoms with van der Waals surface area (Å²) >= 11 is 0. The van der Waals surface area contributed by atoms with Crippen LogP contribution in [-0.2, 0) is 4.74 Å². The Morgan fingerprint density at radius 3 is 2.87 bits per heavy atom. The third kappa shape index (κ3) is 2.83. The topological polar surface area (TPSA) is 99.9 Å². The standard InChI is InChI=1S/C15H14N2O6/c1-3-20-15(19)12-8(2)17-23-14(12)16-13(18)9-4-5-10-11(6-9)22-7-21-10/h4-6H,3,7H2,1-2H3,(H,16,18). The van der Waals surface area contributed by atoms with Gasteiger partial charge in [0.15, 0.2) is 11.5 Å². The Balaban J connectivity index is 1.82. The predicted molar refractivity (Wildman–Crippen MR) is 77.7 cm³/mol. The van der Waals surface area contributed by atoms with E-state index >= 15 is 0 Å². The molecule has 0 atom stereocenters. The van der Waals surface area contributed by atoms with E-state index in [1.54, 1.807) is 32.0 Å². The Hall–Kier alpha value is -3.03. The number of hydrogen-bond donors (Lipinski definition) is 1. The highest BCUT2D eigenvalue weighted by atomic mass is 16.7. The zero-order valence-corrected chi connectivity index (χ0v) is 12.5. The molecule has 1 aromatic heterocycles. The predicted octanol–water partition coefficient (Wildman–Crippen LogP) is 2.14. The number of hydrogen-bond acceptors (Lipinski definition) is 7. The molecule has 1 aromatic carbocycles. The average Bonchev–Trinajstić information content (AvgIpc) is 3.13. The molecule has 0 spiro atoms. The fourth-order valence-electron chi connectivity index (χ4n) is 2.11. The van der Waals surface area contributed by atoms with E-state index < -0.39 is 11.9 Å². The maximum atomic E-state index is 12.3. The molecule has 1 amide bonds. The fraction of sp³-hybridized carbons (Fsp3) is 0.267. The Labute approximate surface area is 131 Å². The number of nitrogens with one attached hydrogen (secondary N) is 1. The number of carbonyl (C=O) groups is 2. The van der Waals surface area contributed by atoms with Gasteiger partial charge in [0.2, 0.25) is 12.7 Å². The summed E-state index contributed by atoms with van der Waals surface area (Å²) in [6.45, 7) is 3.60. The molecule has 0 aliphatic carbocycles. The minimum Gasteiger partial charge on any atom is -0.462 e. The number of aryl methyl sites for hydroxylation is 1. The van der Waals surface area contributed by atoms with Gasteiger partial charge in [-0.25, -0.2) is 4.79 Å². The molecular formula is C15H14N2O6. The summed E-state index contributed by atoms with van der Waals surface area (Å²) in [7, 11) is 0. The van der Waals surface area contributed by atoms with E-state index in [2.05, 4.69) is 10.5 Å². The number of nitrogens with zero attached hydrogens (tertiary/aromatic N) is 1. The molecule has 2 aromatic rings. The molecular weight excluding hydrogens is 304 g/mol. The lowest BCUT2D eigenvalue weighted by Gasteiger charge is -2.05. The first-order valence-corrected chi connectivity index (χ1v) is 6.94. The molecule has 2 heterocycles. The van der Waals surface area contributed by atoms with Crippen LogP contribution in [0.5, 0.6) is 11.5 Å². The van der Waals surface area contributed by atoms with E-state index in [9.17, 15) is 9.59 Å². The minimum absolute atomic E-state index is 0.0522. The van der Waals surface area contributed by atoms with E-state index in [1.807, 2.05) is 0 Å². The number of aromatic nitrogens is 1. The molecule has 0 saturated carbocycles. The van der Waals surface area contributed by atoms with Gasteiger partial charge in [-0.2, -0.15) is 0 Å². The van der Waals surface area contributed by atoms with Crippen LogP contribution in [0.3, 0.4) is 0 Å². The highest BCUT2D eigenvalue weighted by Crippen LogP contribution is 2.32. The first kappa shape index (κ1) is 14.9. The molecule has 0 unspecified atom stereocenters. The first-order valence-electron chi connectivity index (χ1n) is 6.94. The third-order valence-electron chi connectivity index (χ3n) is 3.20. The molecule has 8 heteroatoms. The van der Waals surface area contributed by atoms with Gasteiger partial charge in [0, 0.05) is 5.56 Å². The summed E-state index contributed by atoms with van der Waals surface area (Å²) in [5, 5.41) is 6.20. The monoisotopic (exact) mass is 318 g/mol. The SMILES string of the molecule is CCOC(=O)c1c(C)noc1NC(=O)c1ccc2c(c1)OCO2. The van der Waals surface area contributed by atoms with Gasteiger partial charge in [-0.05, 0) is 32.0 Å². The quantitative estimate of drug-likeness (QED) is 0.862. The number of carbonyl (C=O) groups excluding carboxylic acids is 2. The zero-order valence-electron chi connectivity index (χ0n) is 12.5. The molecule has 120 valence electrons. The third-order valence-corrected chi connectivity index (χ3v) is 3.20. The van der Waals surface area contributed by atoms with Crippen LogP contribution in [0.4, 0.5) is 5.88 Å². The second-order valence-corrected chi connectivity index (χ2v) is 4.71. The van der Waals surface area contributed by atoms with Crippen molar-refractivity contribution in [2.45, 2.75) is 13.8 Å². The summed E-state index contributed by atoms with van der Waals surface area (Å²) in [6, 6.07) is 4.76. The van der Waals surface area contributed by atoms with Crippen LogP contribution in [0.1, 0.15) is 33.3 Å². The smallest absolute Gasteiger partial charge is 0.345 e. The molecule has 0 saturated heterocycles. The normalized spacial score (nSPS) is 12.1. The number of benzene rings is 1. The fourth-order valence-corrected chi connectivity index (χ4v) is 2.11. The molecule has 0 fully saturated rings. The minimum atomic E-state index is -0.604. The van der Waals surface area contributed by atoms with E-state index in [-0.39, 0.29) is 24.8 Å². The highest BCUT2D eigenvalue weighted by molar-refractivity contribution is 6.07. The lowest BCUT2D eigenvalue weighted by molar-refractivity contribution is 0.0526. The number of esters is 1. The highest BCUT2D eigenvalue weighted by Gasteiger charge is 2.24. The van der Waals surface area contributed by atoms with Crippen molar-refractivity contribution < 1.29 is 28.3 Å². The number of fused-ring (bicyclic) bond motifs is 1. The summed E-state index contributed by atoms with van der Waals surface area (Å²) < 4.78 is 20.4. The van der Waals surface area contributed by atoms with Crippen LogP contribution in [0.15, 0.2) is 22.7 Å². The summed E-state index contributed by atoms with van der Waals surface area (Å²) in [5.74, 6) is -0.0675. The van der Waals surface area contributed by atoms with E-state index in [1.165, 1.54) is 0 Å². The number of ether oxygens (including phenoxy) is 3. The van der Waals surface area contributed by atoms with Crippen molar-refractivity contribution in [3.05, 3.63) is 35.0 Å². The van der Waals surface area contributed by atoms with E-state index in [4.69, 9.17) is 18.7 Å². The summed E-state index contributed by atoms with van der Waals surface area (Å²) in [5.41, 5.74) is 0.767. The largest absolute Gasteiger partial charge is 0.462 e. The number of rotatable bonds is 4. The second-order valence-electron chi connectivity index (χ2n) is 4.71. The van der Waals surface area contributed by atoms with Crippen LogP contribution in [-0.4, -0.2) is 30.4 Å². The number of amides is 1. The molecule has 1 N–H and O–H groups in total. The van der Waals surface area contributed by atoms with Crippen molar-refractivity contribution in [3.8, 4) is 11.5 Å². The van der Waals surface area contributed by atoms with Crippen LogP contribution in [0, 0.1) is 6.92 Å². The van der Waals surface area contributed by atoms with Crippen molar-refractivity contribution >= 4 is 17.8 Å². The molecule has 1 aliphatic rings. The van der Waals surface area contributed by atoms with Crippen LogP contribution >= 0.6 is 0 Å². The molecule has 1 aliphatic heterocycles. The van der Waals surface area contributed by atoms with Gasteiger partial charge in [-0.15, -0.1) is 0 Å². The number of anilines is 1. The van der Waals surface area contributed by atoms with Crippen molar-refractivity contribution in [2.75, 3.05) is 18.7 Å². The zero-order chi connectivity index (χ0) is 16.4. The lowest BCUT2D eigenvalue weighted by Crippen LogP contribution is -2.15. The van der Waals surface area contributed by atoms with Crippen molar-refractivity contribution in [1.82, 2.24) is 5.16 Å². The Kier molecular flexibility index (Phi) is 3.88. The average molecular weight is 318 g/mol. The maximum Gasteiger partial charge on any atom is 0.345 e. The van der Waals surface area contributed by atoms with Crippen LogP contribution in [0.2, 0.25) is 0 Å². The van der Waals surface area contributed by atoms with Crippen molar-refractivity contribution in [2.24, 2.45) is 0 Å². The Morgan fingerprint density at radius 2 is 2.09 bits per heavy atom. The van der Waals surface area contributed by atoms with Gasteiger partial charge in [-0.3, -0.25) is 10.1 Å². The van der Waals surface area contributed by atoms with Gasteiger partial charge >= 0.3 is 5.97 Å². The van der Waals surface area contributed by atoms with Crippen molar-refractivity contribution in [3.63, 3.8) is 0 Å². The van der Waals surface area contributed by atoms with E-state index in [0.717, 1.165) is 0 Å². The van der Waals surface area contributed by atoms with Gasteiger partial charge in [0.1, 0.15) is 5.56 Å². The maximum absolute atomic E-state index is 12.3. The molecule has 23 heavy (non-hydrogen) atoms. The summed E-state index contributed by atoms with van der Waals surface area (Å²) in [4.78, 5) is 24.2. The van der Waals surface area contributed by atoms with Crippen molar-refractivity contribution in [1.29, 1.82) is 0 Å². The van der Waals surface area contributed by atoms with E-state index in [0.29, 0.717) is 22.8 Å². The molecule has 8 nitrogen and oxygen atoms in total. The van der Waals surface area contributed by atoms with Crippen LogP contribution < -0.4 is 14.8 Å². The van der Waals surface area contributed by atoms with Gasteiger partial charge in [0.25, 0.3) is 5.91 Å². The Morgan fingerprint density at radius 1 is 1.30 bits per heavy atom.